The average molecular weight is 669 g/mol. The van der Waals surface area contributed by atoms with Crippen LogP contribution in [0.25, 0.3) is 0 Å². The lowest BCUT2D eigenvalue weighted by molar-refractivity contribution is -0.161. The van der Waals surface area contributed by atoms with Crippen molar-refractivity contribution in [3.05, 3.63) is 72.9 Å². The first kappa shape index (κ1) is 45.3. The number of ether oxygens (including phenoxy) is 2. The van der Waals surface area contributed by atoms with Crippen LogP contribution in [0, 0.1) is 0 Å². The van der Waals surface area contributed by atoms with E-state index in [9.17, 15) is 14.7 Å². The third-order valence-corrected chi connectivity index (χ3v) is 7.97. The summed E-state index contributed by atoms with van der Waals surface area (Å²) in [4.78, 5) is 24.2. The molecule has 0 aromatic rings. The average Bonchev–Trinajstić information content (AvgIpc) is 3.09. The van der Waals surface area contributed by atoms with Gasteiger partial charge in [0.2, 0.25) is 0 Å². The summed E-state index contributed by atoms with van der Waals surface area (Å²) in [6.45, 7) is 4.03. The van der Waals surface area contributed by atoms with Gasteiger partial charge in [-0.15, -0.1) is 0 Å². The molecule has 48 heavy (non-hydrogen) atoms. The zero-order valence-corrected chi connectivity index (χ0v) is 31.0. The highest BCUT2D eigenvalue weighted by Gasteiger charge is 2.16. The fourth-order valence-electron chi connectivity index (χ4n) is 4.98. The summed E-state index contributed by atoms with van der Waals surface area (Å²) in [7, 11) is 0. The Morgan fingerprint density at radius 1 is 0.479 bits per heavy atom. The van der Waals surface area contributed by atoms with Crippen molar-refractivity contribution in [3.8, 4) is 0 Å². The van der Waals surface area contributed by atoms with Crippen LogP contribution >= 0.6 is 0 Å². The molecule has 0 amide bonds. The molecule has 0 saturated heterocycles. The van der Waals surface area contributed by atoms with E-state index in [1.165, 1.54) is 57.8 Å². The van der Waals surface area contributed by atoms with Gasteiger partial charge in [-0.1, -0.05) is 138 Å². The van der Waals surface area contributed by atoms with Crippen LogP contribution in [0.2, 0.25) is 0 Å². The van der Waals surface area contributed by atoms with E-state index in [4.69, 9.17) is 9.47 Å². The Kier molecular flexibility index (Phi) is 36.6. The molecule has 0 aliphatic heterocycles. The van der Waals surface area contributed by atoms with E-state index < -0.39 is 6.10 Å². The van der Waals surface area contributed by atoms with Gasteiger partial charge in [0, 0.05) is 12.8 Å². The maximum Gasteiger partial charge on any atom is 0.306 e. The van der Waals surface area contributed by atoms with Crippen molar-refractivity contribution in [1.82, 2.24) is 0 Å². The molecule has 0 saturated carbocycles. The molecule has 1 N–H and O–H groups in total. The minimum absolute atomic E-state index is 0.0918. The maximum atomic E-state index is 12.1. The molecule has 0 rings (SSSR count). The molecule has 0 bridgehead atoms. The molecular weight excluding hydrogens is 596 g/mol. The highest BCUT2D eigenvalue weighted by atomic mass is 16.6. The number of aliphatic hydroxyl groups is 1. The van der Waals surface area contributed by atoms with Crippen LogP contribution in [0.15, 0.2) is 72.9 Å². The van der Waals surface area contributed by atoms with Gasteiger partial charge in [0.15, 0.2) is 6.10 Å². The fourth-order valence-corrected chi connectivity index (χ4v) is 4.98. The second-order valence-corrected chi connectivity index (χ2v) is 12.6. The van der Waals surface area contributed by atoms with Crippen molar-refractivity contribution < 1.29 is 24.2 Å². The molecule has 0 radical (unpaired) electrons. The van der Waals surface area contributed by atoms with Crippen molar-refractivity contribution in [2.24, 2.45) is 0 Å². The van der Waals surface area contributed by atoms with Gasteiger partial charge in [0.05, 0.1) is 6.61 Å². The zero-order chi connectivity index (χ0) is 35.0. The van der Waals surface area contributed by atoms with E-state index in [0.29, 0.717) is 12.8 Å². The summed E-state index contributed by atoms with van der Waals surface area (Å²) in [5, 5.41) is 9.54. The van der Waals surface area contributed by atoms with E-state index in [0.717, 1.165) is 83.5 Å². The Morgan fingerprint density at radius 3 is 1.27 bits per heavy atom. The number of carbonyl (C=O) groups excluding carboxylic acids is 2. The quantitative estimate of drug-likeness (QED) is 0.0420. The van der Waals surface area contributed by atoms with Gasteiger partial charge in [-0.05, 0) is 89.9 Å². The van der Waals surface area contributed by atoms with E-state index in [1.807, 2.05) is 0 Å². The first-order valence-electron chi connectivity index (χ1n) is 19.5. The lowest BCUT2D eigenvalue weighted by Gasteiger charge is -2.15. The second kappa shape index (κ2) is 38.8. The first-order valence-corrected chi connectivity index (χ1v) is 19.5. The lowest BCUT2D eigenvalue weighted by atomic mass is 10.1. The normalized spacial score (nSPS) is 13.0. The number of esters is 2. The van der Waals surface area contributed by atoms with E-state index in [-0.39, 0.29) is 25.2 Å². The van der Waals surface area contributed by atoms with E-state index >= 15 is 0 Å². The number of unbranched alkanes of at least 4 members (excludes halogenated alkanes) is 14. The third-order valence-electron chi connectivity index (χ3n) is 7.97. The Labute approximate surface area is 295 Å². The molecule has 0 aromatic heterocycles. The SMILES string of the molecule is CCCCC/C=C\C/C=C\C/C=C\C/C=C\CCCCCC(=O)OC[C@H](CO)OC(=O)CCCCCCC/C=C\C/C=C\CCCCC. The van der Waals surface area contributed by atoms with Gasteiger partial charge in [-0.3, -0.25) is 9.59 Å². The van der Waals surface area contributed by atoms with Crippen molar-refractivity contribution in [3.63, 3.8) is 0 Å². The molecule has 5 heteroatoms. The van der Waals surface area contributed by atoms with Crippen LogP contribution in [-0.4, -0.2) is 36.4 Å². The molecular formula is C43H72O5. The molecule has 5 nitrogen and oxygen atoms in total. The smallest absolute Gasteiger partial charge is 0.306 e. The number of hydrogen-bond acceptors (Lipinski definition) is 5. The summed E-state index contributed by atoms with van der Waals surface area (Å²) < 4.78 is 10.6. The van der Waals surface area contributed by atoms with Crippen LogP contribution < -0.4 is 0 Å². The molecule has 1 atom stereocenters. The number of allylic oxidation sites excluding steroid dienone is 12. The van der Waals surface area contributed by atoms with E-state index in [2.05, 4.69) is 86.8 Å². The van der Waals surface area contributed by atoms with Crippen LogP contribution in [0.4, 0.5) is 0 Å². The molecule has 0 spiro atoms. The fraction of sp³-hybridized carbons (Fsp3) is 0.674. The number of rotatable bonds is 34. The van der Waals surface area contributed by atoms with Gasteiger partial charge >= 0.3 is 11.9 Å². The van der Waals surface area contributed by atoms with Crippen molar-refractivity contribution in [2.45, 2.75) is 174 Å². The standard InChI is InChI=1S/C43H72O5/c1-3-5-7-9-11-13-15-17-19-20-21-22-24-25-27-29-31-33-35-37-42(45)47-40-41(39-44)48-43(46)38-36-34-32-30-28-26-23-18-16-14-12-10-8-6-4-2/h11-14,17-19,21-23,25,27,41,44H,3-10,15-16,20,24,26,28-40H2,1-2H3/b13-11-,14-12-,19-17-,22-21-,23-18-,27-25-/t41-/m0/s1. The summed E-state index contributed by atoms with van der Waals surface area (Å²) >= 11 is 0. The molecule has 0 aliphatic rings. The number of hydrogen-bond donors (Lipinski definition) is 1. The van der Waals surface area contributed by atoms with Crippen molar-refractivity contribution in [2.75, 3.05) is 13.2 Å². The summed E-state index contributed by atoms with van der Waals surface area (Å²) in [5.41, 5.74) is 0. The minimum atomic E-state index is -0.795. The van der Waals surface area contributed by atoms with E-state index in [1.54, 1.807) is 0 Å². The minimum Gasteiger partial charge on any atom is -0.462 e. The monoisotopic (exact) mass is 669 g/mol. The van der Waals surface area contributed by atoms with Gasteiger partial charge in [0.1, 0.15) is 6.61 Å². The van der Waals surface area contributed by atoms with Crippen molar-refractivity contribution in [1.29, 1.82) is 0 Å². The molecule has 274 valence electrons. The Hall–Kier alpha value is -2.66. The maximum absolute atomic E-state index is 12.1. The van der Waals surface area contributed by atoms with Gasteiger partial charge in [-0.2, -0.15) is 0 Å². The van der Waals surface area contributed by atoms with Crippen LogP contribution in [0.1, 0.15) is 168 Å². The molecule has 0 heterocycles. The molecule has 0 fully saturated rings. The van der Waals surface area contributed by atoms with Crippen LogP contribution in [0.5, 0.6) is 0 Å². The number of aliphatic hydroxyl groups excluding tert-OH is 1. The zero-order valence-electron chi connectivity index (χ0n) is 31.0. The largest absolute Gasteiger partial charge is 0.462 e. The highest BCUT2D eigenvalue weighted by molar-refractivity contribution is 5.70. The van der Waals surface area contributed by atoms with Gasteiger partial charge in [0.25, 0.3) is 0 Å². The molecule has 0 unspecified atom stereocenters. The summed E-state index contributed by atoms with van der Waals surface area (Å²) in [6, 6.07) is 0. The number of carbonyl (C=O) groups is 2. The second-order valence-electron chi connectivity index (χ2n) is 12.6. The summed E-state index contributed by atoms with van der Waals surface area (Å²) in [5.74, 6) is -0.649. The first-order chi connectivity index (χ1) is 23.6. The lowest BCUT2D eigenvalue weighted by Crippen LogP contribution is -2.28. The topological polar surface area (TPSA) is 72.8 Å². The third kappa shape index (κ3) is 36.2. The van der Waals surface area contributed by atoms with Crippen LogP contribution in [0.3, 0.4) is 0 Å². The molecule has 0 aliphatic carbocycles. The molecule has 0 aromatic carbocycles. The Morgan fingerprint density at radius 2 is 0.833 bits per heavy atom. The predicted molar refractivity (Wildman–Crippen MR) is 205 cm³/mol. The van der Waals surface area contributed by atoms with Gasteiger partial charge < -0.3 is 14.6 Å². The predicted octanol–water partition coefficient (Wildman–Crippen LogP) is 12.2. The van der Waals surface area contributed by atoms with Gasteiger partial charge in [-0.25, -0.2) is 0 Å². The Balaban J connectivity index is 3.68. The Bertz CT molecular complexity index is 895. The highest BCUT2D eigenvalue weighted by Crippen LogP contribution is 2.10. The summed E-state index contributed by atoms with van der Waals surface area (Å²) in [6.07, 6.45) is 51.0. The van der Waals surface area contributed by atoms with Crippen LogP contribution in [-0.2, 0) is 19.1 Å². The van der Waals surface area contributed by atoms with Crippen molar-refractivity contribution >= 4 is 11.9 Å².